The summed E-state index contributed by atoms with van der Waals surface area (Å²) in [6.07, 6.45) is 4.98. The standard InChI is InChI=1S/C41H46N4O4/c1-3-4-15-34(39(42)46)35(25-28-18-19-28)40(47)43-36-27-44(32-13-6-5-7-14-32)37-16-8-9-17-38(37)45(41(36)48)26-29-11-10-12-31(24-29)30-20-22-33(49-2)23-21-30/h5-14,16-17,20-24,28,34-36H,3-4,15,18-19,25-27H2,1-2H3,(H2,42,46)(H,43,47)/t34-,35+,36?/m0/s1. The number of unbranched alkanes of at least 4 members (excludes halogenated alkanes) is 1. The van der Waals surface area contributed by atoms with Gasteiger partial charge < -0.3 is 25.6 Å². The number of methoxy groups -OCH3 is 1. The maximum atomic E-state index is 14.8. The van der Waals surface area contributed by atoms with Crippen LogP contribution >= 0.6 is 0 Å². The van der Waals surface area contributed by atoms with Crippen molar-refractivity contribution < 1.29 is 19.1 Å². The Balaban J connectivity index is 1.36. The van der Waals surface area contributed by atoms with Crippen LogP contribution in [0, 0.1) is 17.8 Å². The lowest BCUT2D eigenvalue weighted by Crippen LogP contribution is -2.54. The van der Waals surface area contributed by atoms with Gasteiger partial charge in [-0.2, -0.15) is 0 Å². The molecule has 4 aromatic carbocycles. The van der Waals surface area contributed by atoms with Gasteiger partial charge in [0.25, 0.3) is 5.91 Å². The van der Waals surface area contributed by atoms with Crippen molar-refractivity contribution in [1.29, 1.82) is 0 Å². The number of hydrogen-bond donors (Lipinski definition) is 2. The third kappa shape index (κ3) is 7.96. The molecule has 4 aromatic rings. The Bertz CT molecular complexity index is 1760. The molecule has 8 heteroatoms. The van der Waals surface area contributed by atoms with Gasteiger partial charge in [-0.3, -0.25) is 14.4 Å². The van der Waals surface area contributed by atoms with Crippen molar-refractivity contribution in [2.24, 2.45) is 23.5 Å². The van der Waals surface area contributed by atoms with Gasteiger partial charge in [-0.05, 0) is 77.9 Å². The number of ether oxygens (including phenoxy) is 1. The summed E-state index contributed by atoms with van der Waals surface area (Å²) in [5, 5.41) is 3.16. The molecule has 3 amide bonds. The molecule has 0 saturated heterocycles. The maximum Gasteiger partial charge on any atom is 0.251 e. The van der Waals surface area contributed by atoms with Crippen LogP contribution in [0.4, 0.5) is 17.1 Å². The van der Waals surface area contributed by atoms with Crippen LogP contribution in [0.5, 0.6) is 5.75 Å². The second-order valence-corrected chi connectivity index (χ2v) is 13.3. The second-order valence-electron chi connectivity index (χ2n) is 13.3. The third-order valence-electron chi connectivity index (χ3n) is 9.81. The average molecular weight is 659 g/mol. The van der Waals surface area contributed by atoms with Crippen LogP contribution in [-0.2, 0) is 20.9 Å². The molecular weight excluding hydrogens is 612 g/mol. The number of fused-ring (bicyclic) bond motifs is 1. The minimum absolute atomic E-state index is 0.205. The molecular formula is C41H46N4O4. The lowest BCUT2D eigenvalue weighted by molar-refractivity contribution is -0.135. The summed E-state index contributed by atoms with van der Waals surface area (Å²) in [6, 6.07) is 33.0. The topological polar surface area (TPSA) is 105 Å². The Morgan fingerprint density at radius 1 is 0.878 bits per heavy atom. The normalized spacial score (nSPS) is 17.1. The van der Waals surface area contributed by atoms with E-state index in [2.05, 4.69) is 29.3 Å². The molecule has 0 aromatic heterocycles. The molecule has 0 radical (unpaired) electrons. The zero-order chi connectivity index (χ0) is 34.3. The molecule has 2 aliphatic rings. The van der Waals surface area contributed by atoms with Gasteiger partial charge in [-0.15, -0.1) is 0 Å². The molecule has 1 heterocycles. The van der Waals surface area contributed by atoms with Crippen molar-refractivity contribution in [3.63, 3.8) is 0 Å². The summed E-state index contributed by atoms with van der Waals surface area (Å²) >= 11 is 0. The molecule has 0 spiro atoms. The number of nitrogens with zero attached hydrogens (tertiary/aromatic N) is 2. The fourth-order valence-corrected chi connectivity index (χ4v) is 6.94. The highest BCUT2D eigenvalue weighted by molar-refractivity contribution is 6.04. The summed E-state index contributed by atoms with van der Waals surface area (Å²) < 4.78 is 5.34. The van der Waals surface area contributed by atoms with Crippen LogP contribution in [-0.4, -0.2) is 37.4 Å². The van der Waals surface area contributed by atoms with Crippen molar-refractivity contribution in [2.75, 3.05) is 23.5 Å². The predicted octanol–water partition coefficient (Wildman–Crippen LogP) is 7.24. The number of benzene rings is 4. The molecule has 6 rings (SSSR count). The lowest BCUT2D eigenvalue weighted by atomic mass is 9.82. The summed E-state index contributed by atoms with van der Waals surface area (Å²) in [6.45, 7) is 2.61. The molecule has 254 valence electrons. The summed E-state index contributed by atoms with van der Waals surface area (Å²) in [4.78, 5) is 45.6. The Hall–Kier alpha value is -5.11. The van der Waals surface area contributed by atoms with E-state index in [-0.39, 0.29) is 18.4 Å². The Kier molecular flexibility index (Phi) is 10.6. The van der Waals surface area contributed by atoms with E-state index in [9.17, 15) is 14.4 Å². The Labute approximate surface area is 289 Å². The highest BCUT2D eigenvalue weighted by Crippen LogP contribution is 2.40. The summed E-state index contributed by atoms with van der Waals surface area (Å²) in [7, 11) is 1.65. The fourth-order valence-electron chi connectivity index (χ4n) is 6.94. The molecule has 1 unspecified atom stereocenters. The van der Waals surface area contributed by atoms with Crippen molar-refractivity contribution in [3.05, 3.63) is 109 Å². The zero-order valence-corrected chi connectivity index (χ0v) is 28.4. The number of carbonyl (C=O) groups is 3. The molecule has 8 nitrogen and oxygen atoms in total. The van der Waals surface area contributed by atoms with Gasteiger partial charge in [0.2, 0.25) is 11.8 Å². The quantitative estimate of drug-likeness (QED) is 0.149. The summed E-state index contributed by atoms with van der Waals surface area (Å²) in [5.41, 5.74) is 11.5. The lowest BCUT2D eigenvalue weighted by Gasteiger charge is -2.29. The van der Waals surface area contributed by atoms with Crippen LogP contribution in [0.3, 0.4) is 0 Å². The fraction of sp³-hybridized carbons (Fsp3) is 0.341. The largest absolute Gasteiger partial charge is 0.497 e. The van der Waals surface area contributed by atoms with Gasteiger partial charge in [-0.1, -0.05) is 93.3 Å². The molecule has 1 aliphatic heterocycles. The number of nitrogens with one attached hydrogen (secondary N) is 1. The van der Waals surface area contributed by atoms with E-state index >= 15 is 0 Å². The number of hydrogen-bond acceptors (Lipinski definition) is 5. The number of nitrogens with two attached hydrogens (primary N) is 1. The first-order valence-corrected chi connectivity index (χ1v) is 17.4. The van der Waals surface area contributed by atoms with E-state index in [1.54, 1.807) is 12.0 Å². The van der Waals surface area contributed by atoms with Crippen LogP contribution in [0.25, 0.3) is 11.1 Å². The Morgan fingerprint density at radius 2 is 1.59 bits per heavy atom. The molecule has 3 atom stereocenters. The van der Waals surface area contributed by atoms with E-state index in [0.717, 1.165) is 65.2 Å². The van der Waals surface area contributed by atoms with Crippen molar-refractivity contribution in [1.82, 2.24) is 5.32 Å². The van der Waals surface area contributed by atoms with Gasteiger partial charge in [0, 0.05) is 17.5 Å². The average Bonchev–Trinajstić information content (AvgIpc) is 3.97. The number of amides is 3. The van der Waals surface area contributed by atoms with Gasteiger partial charge in [0.1, 0.15) is 11.8 Å². The van der Waals surface area contributed by atoms with Gasteiger partial charge in [-0.25, -0.2) is 0 Å². The van der Waals surface area contributed by atoms with Crippen LogP contribution < -0.4 is 25.6 Å². The van der Waals surface area contributed by atoms with Crippen LogP contribution in [0.2, 0.25) is 0 Å². The number of anilines is 3. The minimum Gasteiger partial charge on any atom is -0.497 e. The van der Waals surface area contributed by atoms with E-state index < -0.39 is 23.8 Å². The van der Waals surface area contributed by atoms with Crippen LogP contribution in [0.15, 0.2) is 103 Å². The van der Waals surface area contributed by atoms with E-state index in [0.29, 0.717) is 25.3 Å². The zero-order valence-electron chi connectivity index (χ0n) is 28.4. The smallest absolute Gasteiger partial charge is 0.251 e. The number of rotatable bonds is 14. The number of carbonyl (C=O) groups excluding carboxylic acids is 3. The molecule has 1 saturated carbocycles. The SMILES string of the molecule is CCCC[C@H](C(N)=O)[C@@H](CC1CC1)C(=O)NC1CN(c2ccccc2)c2ccccc2N(Cc2cccc(-c3ccc(OC)cc3)c2)C1=O. The van der Waals surface area contributed by atoms with Crippen LogP contribution in [0.1, 0.15) is 51.0 Å². The maximum absolute atomic E-state index is 14.8. The van der Waals surface area contributed by atoms with E-state index in [1.807, 2.05) is 91.0 Å². The highest BCUT2D eigenvalue weighted by atomic mass is 16.5. The molecule has 0 bridgehead atoms. The first-order chi connectivity index (χ1) is 23.9. The van der Waals surface area contributed by atoms with Gasteiger partial charge in [0.15, 0.2) is 0 Å². The predicted molar refractivity (Wildman–Crippen MR) is 194 cm³/mol. The first kappa shape index (κ1) is 33.8. The Morgan fingerprint density at radius 3 is 2.27 bits per heavy atom. The molecule has 49 heavy (non-hydrogen) atoms. The monoisotopic (exact) mass is 658 g/mol. The minimum atomic E-state index is -0.869. The molecule has 3 N–H and O–H groups in total. The number of para-hydroxylation sites is 3. The molecule has 1 fully saturated rings. The van der Waals surface area contributed by atoms with Gasteiger partial charge in [0.05, 0.1) is 31.6 Å². The van der Waals surface area contributed by atoms with Gasteiger partial charge >= 0.3 is 0 Å². The molecule has 1 aliphatic carbocycles. The van der Waals surface area contributed by atoms with E-state index in [4.69, 9.17) is 10.5 Å². The van der Waals surface area contributed by atoms with Crippen molar-refractivity contribution in [2.45, 2.75) is 58.0 Å². The second kappa shape index (κ2) is 15.4. The summed E-state index contributed by atoms with van der Waals surface area (Å²) in [5.74, 6) is -0.874. The number of primary amides is 1. The highest BCUT2D eigenvalue weighted by Gasteiger charge is 2.40. The van der Waals surface area contributed by atoms with Crippen molar-refractivity contribution in [3.8, 4) is 16.9 Å². The van der Waals surface area contributed by atoms with E-state index in [1.165, 1.54) is 0 Å². The third-order valence-corrected chi connectivity index (χ3v) is 9.81. The first-order valence-electron chi connectivity index (χ1n) is 17.4. The van der Waals surface area contributed by atoms with Crippen molar-refractivity contribution >= 4 is 34.8 Å².